The number of hydrogen-bond acceptors (Lipinski definition) is 6. The number of aromatic nitrogens is 3. The average Bonchev–Trinajstić information content (AvgIpc) is 3.21. The number of aryl methyl sites for hydroxylation is 1. The van der Waals surface area contributed by atoms with E-state index < -0.39 is 0 Å². The number of hydrogen-bond donors (Lipinski definition) is 1. The van der Waals surface area contributed by atoms with Crippen LogP contribution >= 0.6 is 11.8 Å². The van der Waals surface area contributed by atoms with E-state index in [1.165, 1.54) is 11.8 Å². The number of nitrogens with zero attached hydrogens (tertiary/aromatic N) is 3. The number of para-hydroxylation sites is 1. The fourth-order valence-corrected chi connectivity index (χ4v) is 3.81. The second-order valence-corrected chi connectivity index (χ2v) is 7.79. The van der Waals surface area contributed by atoms with Gasteiger partial charge in [0.1, 0.15) is 22.7 Å². The third-order valence-corrected chi connectivity index (χ3v) is 5.79. The molecule has 8 heteroatoms. The van der Waals surface area contributed by atoms with Gasteiger partial charge in [-0.25, -0.2) is 0 Å². The fourth-order valence-electron chi connectivity index (χ4n) is 2.95. The predicted molar refractivity (Wildman–Crippen MR) is 110 cm³/mol. The Morgan fingerprint density at radius 1 is 1.21 bits per heavy atom. The molecule has 0 bridgehead atoms. The minimum Gasteiger partial charge on any atom is -0.495 e. The maximum absolute atomic E-state index is 12.7. The van der Waals surface area contributed by atoms with Crippen LogP contribution in [-0.2, 0) is 11.8 Å². The molecule has 1 atom stereocenters. The Morgan fingerprint density at radius 3 is 2.71 bits per heavy atom. The SMILES string of the molecule is COc1cc2c(cc1NC(=O)[C@@H](C)Sc1nnc(C)n1C)oc1ccccc12. The van der Waals surface area contributed by atoms with Crippen molar-refractivity contribution in [2.24, 2.45) is 7.05 Å². The van der Waals surface area contributed by atoms with Crippen LogP contribution in [0.2, 0.25) is 0 Å². The first-order valence-electron chi connectivity index (χ1n) is 8.80. The molecule has 2 aromatic carbocycles. The molecule has 0 saturated heterocycles. The Labute approximate surface area is 166 Å². The number of methoxy groups -OCH3 is 1. The van der Waals surface area contributed by atoms with Crippen molar-refractivity contribution in [1.29, 1.82) is 0 Å². The molecular formula is C20H20N4O3S. The van der Waals surface area contributed by atoms with Gasteiger partial charge in [0, 0.05) is 23.9 Å². The van der Waals surface area contributed by atoms with E-state index in [4.69, 9.17) is 9.15 Å². The lowest BCUT2D eigenvalue weighted by atomic mass is 10.1. The summed E-state index contributed by atoms with van der Waals surface area (Å²) in [6.07, 6.45) is 0. The number of rotatable bonds is 5. The van der Waals surface area contributed by atoms with Gasteiger partial charge in [0.25, 0.3) is 0 Å². The number of benzene rings is 2. The molecule has 0 saturated carbocycles. The fraction of sp³-hybridized carbons (Fsp3) is 0.250. The smallest absolute Gasteiger partial charge is 0.237 e. The van der Waals surface area contributed by atoms with E-state index in [0.29, 0.717) is 22.2 Å². The van der Waals surface area contributed by atoms with Crippen LogP contribution in [0.25, 0.3) is 21.9 Å². The Balaban J connectivity index is 1.61. The number of furan rings is 1. The maximum atomic E-state index is 12.7. The molecule has 28 heavy (non-hydrogen) atoms. The van der Waals surface area contributed by atoms with Crippen LogP contribution in [0.15, 0.2) is 46.0 Å². The number of thioether (sulfide) groups is 1. The first-order chi connectivity index (χ1) is 13.5. The molecular weight excluding hydrogens is 376 g/mol. The first-order valence-corrected chi connectivity index (χ1v) is 9.68. The molecule has 2 aromatic heterocycles. The normalized spacial score (nSPS) is 12.4. The molecule has 1 N–H and O–H groups in total. The zero-order valence-corrected chi connectivity index (χ0v) is 16.8. The van der Waals surface area contributed by atoms with Crippen molar-refractivity contribution in [3.63, 3.8) is 0 Å². The molecule has 144 valence electrons. The highest BCUT2D eigenvalue weighted by atomic mass is 32.2. The molecule has 0 unspecified atom stereocenters. The number of carbonyl (C=O) groups is 1. The van der Waals surface area contributed by atoms with E-state index in [1.807, 2.05) is 55.8 Å². The van der Waals surface area contributed by atoms with Gasteiger partial charge < -0.3 is 19.0 Å². The number of ether oxygens (including phenoxy) is 1. The van der Waals surface area contributed by atoms with Crippen LogP contribution in [0.4, 0.5) is 5.69 Å². The first kappa shape index (κ1) is 18.4. The number of anilines is 1. The standard InChI is InChI=1S/C20H20N4O3S/c1-11(28-20-23-22-12(2)24(20)3)19(25)21-15-10-17-14(9-18(15)26-4)13-7-5-6-8-16(13)27-17/h5-11H,1-4H3,(H,21,25)/t11-/m1/s1. The van der Waals surface area contributed by atoms with E-state index in [-0.39, 0.29) is 11.2 Å². The van der Waals surface area contributed by atoms with E-state index in [1.54, 1.807) is 13.2 Å². The largest absolute Gasteiger partial charge is 0.495 e. The lowest BCUT2D eigenvalue weighted by Gasteiger charge is -2.14. The van der Waals surface area contributed by atoms with E-state index in [2.05, 4.69) is 15.5 Å². The summed E-state index contributed by atoms with van der Waals surface area (Å²) in [5.74, 6) is 1.23. The minimum absolute atomic E-state index is 0.153. The minimum atomic E-state index is -0.363. The molecule has 0 radical (unpaired) electrons. The van der Waals surface area contributed by atoms with Gasteiger partial charge in [-0.1, -0.05) is 30.0 Å². The monoisotopic (exact) mass is 396 g/mol. The van der Waals surface area contributed by atoms with Gasteiger partial charge in [-0.05, 0) is 26.0 Å². The summed E-state index contributed by atoms with van der Waals surface area (Å²) in [4.78, 5) is 12.7. The van der Waals surface area contributed by atoms with E-state index >= 15 is 0 Å². The summed E-state index contributed by atoms with van der Waals surface area (Å²) in [7, 11) is 3.46. The molecule has 4 aromatic rings. The summed E-state index contributed by atoms with van der Waals surface area (Å²) in [6.45, 7) is 3.70. The summed E-state index contributed by atoms with van der Waals surface area (Å²) in [6, 6.07) is 11.5. The topological polar surface area (TPSA) is 82.2 Å². The van der Waals surface area contributed by atoms with Gasteiger partial charge in [0.15, 0.2) is 5.16 Å². The van der Waals surface area contributed by atoms with Crippen molar-refractivity contribution in [2.45, 2.75) is 24.3 Å². The summed E-state index contributed by atoms with van der Waals surface area (Å²) in [5.41, 5.74) is 2.06. The molecule has 1 amide bonds. The molecule has 0 spiro atoms. The van der Waals surface area contributed by atoms with Gasteiger partial charge in [-0.2, -0.15) is 0 Å². The van der Waals surface area contributed by atoms with Gasteiger partial charge in [0.05, 0.1) is 18.0 Å². The highest BCUT2D eigenvalue weighted by Gasteiger charge is 2.20. The number of nitrogens with one attached hydrogen (secondary N) is 1. The average molecular weight is 396 g/mol. The Kier molecular flexibility index (Phi) is 4.72. The second kappa shape index (κ2) is 7.20. The number of fused-ring (bicyclic) bond motifs is 3. The second-order valence-electron chi connectivity index (χ2n) is 6.49. The summed E-state index contributed by atoms with van der Waals surface area (Å²) >= 11 is 1.35. The third kappa shape index (κ3) is 3.20. The van der Waals surface area contributed by atoms with Crippen molar-refractivity contribution in [1.82, 2.24) is 14.8 Å². The lowest BCUT2D eigenvalue weighted by molar-refractivity contribution is -0.115. The van der Waals surface area contributed by atoms with Crippen molar-refractivity contribution in [3.05, 3.63) is 42.2 Å². The van der Waals surface area contributed by atoms with E-state index in [0.717, 1.165) is 22.2 Å². The highest BCUT2D eigenvalue weighted by Crippen LogP contribution is 2.36. The van der Waals surface area contributed by atoms with Crippen molar-refractivity contribution in [2.75, 3.05) is 12.4 Å². The van der Waals surface area contributed by atoms with Crippen LogP contribution in [0.5, 0.6) is 5.75 Å². The van der Waals surface area contributed by atoms with Crippen LogP contribution in [0, 0.1) is 6.92 Å². The Morgan fingerprint density at radius 2 is 2.00 bits per heavy atom. The van der Waals surface area contributed by atoms with Gasteiger partial charge in [0.2, 0.25) is 5.91 Å². The van der Waals surface area contributed by atoms with Crippen LogP contribution in [0.3, 0.4) is 0 Å². The molecule has 0 fully saturated rings. The molecule has 0 aliphatic carbocycles. The van der Waals surface area contributed by atoms with Gasteiger partial charge >= 0.3 is 0 Å². The van der Waals surface area contributed by atoms with Gasteiger partial charge in [-0.3, -0.25) is 4.79 Å². The van der Waals surface area contributed by atoms with Crippen LogP contribution < -0.4 is 10.1 Å². The van der Waals surface area contributed by atoms with Crippen LogP contribution in [-0.4, -0.2) is 33.0 Å². The highest BCUT2D eigenvalue weighted by molar-refractivity contribution is 8.00. The summed E-state index contributed by atoms with van der Waals surface area (Å²) in [5, 5.41) is 13.4. The quantitative estimate of drug-likeness (QED) is 0.510. The zero-order valence-electron chi connectivity index (χ0n) is 16.0. The maximum Gasteiger partial charge on any atom is 0.237 e. The molecule has 7 nitrogen and oxygen atoms in total. The molecule has 0 aliphatic rings. The predicted octanol–water partition coefficient (Wildman–Crippen LogP) is 4.15. The van der Waals surface area contributed by atoms with Crippen molar-refractivity contribution >= 4 is 45.3 Å². The third-order valence-electron chi connectivity index (χ3n) is 4.66. The van der Waals surface area contributed by atoms with Crippen molar-refractivity contribution < 1.29 is 13.9 Å². The van der Waals surface area contributed by atoms with E-state index in [9.17, 15) is 4.79 Å². The molecule has 4 rings (SSSR count). The Bertz CT molecular complexity index is 1180. The molecule has 2 heterocycles. The molecule has 0 aliphatic heterocycles. The number of carbonyl (C=O) groups excluding carboxylic acids is 1. The number of amides is 1. The van der Waals surface area contributed by atoms with Gasteiger partial charge in [-0.15, -0.1) is 10.2 Å². The summed E-state index contributed by atoms with van der Waals surface area (Å²) < 4.78 is 13.3. The van der Waals surface area contributed by atoms with Crippen LogP contribution in [0.1, 0.15) is 12.7 Å². The van der Waals surface area contributed by atoms with Crippen molar-refractivity contribution in [3.8, 4) is 5.75 Å². The zero-order chi connectivity index (χ0) is 19.8. The Hall–Kier alpha value is -3.00. The lowest BCUT2D eigenvalue weighted by Crippen LogP contribution is -2.23.